The summed E-state index contributed by atoms with van der Waals surface area (Å²) in [6.45, 7) is 10.7. The third-order valence-electron chi connectivity index (χ3n) is 3.67. The van der Waals surface area contributed by atoms with Crippen molar-refractivity contribution in [1.82, 2.24) is 0 Å². The van der Waals surface area contributed by atoms with Crippen LogP contribution in [-0.4, -0.2) is 5.60 Å². The van der Waals surface area contributed by atoms with Crippen molar-refractivity contribution in [3.05, 3.63) is 52.3 Å². The smallest absolute Gasteiger partial charge is 0.119 e. The van der Waals surface area contributed by atoms with E-state index in [2.05, 4.69) is 65.0 Å². The van der Waals surface area contributed by atoms with Crippen LogP contribution in [0.1, 0.15) is 56.7 Å². The van der Waals surface area contributed by atoms with E-state index in [1.165, 1.54) is 41.5 Å². The Bertz CT molecular complexity index is 515. The van der Waals surface area contributed by atoms with Crippen molar-refractivity contribution >= 4 is 6.08 Å². The number of aryl methyl sites for hydroxylation is 2. The van der Waals surface area contributed by atoms with Crippen LogP contribution >= 0.6 is 0 Å². The molecule has 0 radical (unpaired) electrons. The Hall–Kier alpha value is -1.50. The van der Waals surface area contributed by atoms with Gasteiger partial charge >= 0.3 is 0 Å². The normalized spacial score (nSPS) is 15.3. The number of hydrogen-bond donors (Lipinski definition) is 0. The fourth-order valence-corrected chi connectivity index (χ4v) is 2.40. The van der Waals surface area contributed by atoms with E-state index >= 15 is 0 Å². The standard InChI is InChI=1S/C19H26O/c1-14-8-6-9-15(2)17(14)12-13-18(16-10-7-11-16)20-19(3,4)5/h6,8-9,12-13H,7,10-11H2,1-5H3/b13-12+. The lowest BCUT2D eigenvalue weighted by Crippen LogP contribution is -2.20. The fraction of sp³-hybridized carbons (Fsp3) is 0.474. The Morgan fingerprint density at radius 3 is 2.15 bits per heavy atom. The molecule has 1 aromatic carbocycles. The highest BCUT2D eigenvalue weighted by Gasteiger charge is 2.19. The molecule has 0 aromatic heterocycles. The highest BCUT2D eigenvalue weighted by molar-refractivity contribution is 5.59. The molecule has 1 aliphatic rings. The van der Waals surface area contributed by atoms with Crippen LogP contribution in [-0.2, 0) is 4.74 Å². The summed E-state index contributed by atoms with van der Waals surface area (Å²) < 4.78 is 6.14. The van der Waals surface area contributed by atoms with Crippen molar-refractivity contribution in [2.75, 3.05) is 0 Å². The van der Waals surface area contributed by atoms with E-state index in [1.54, 1.807) is 0 Å². The van der Waals surface area contributed by atoms with Crippen LogP contribution in [0.4, 0.5) is 0 Å². The van der Waals surface area contributed by atoms with Crippen LogP contribution in [0.5, 0.6) is 0 Å². The predicted molar refractivity (Wildman–Crippen MR) is 86.7 cm³/mol. The van der Waals surface area contributed by atoms with E-state index in [0.717, 1.165) is 5.76 Å². The largest absolute Gasteiger partial charge is 0.488 e. The van der Waals surface area contributed by atoms with E-state index in [-0.39, 0.29) is 5.60 Å². The first-order valence-corrected chi connectivity index (χ1v) is 7.52. The third-order valence-corrected chi connectivity index (χ3v) is 3.67. The first-order valence-electron chi connectivity index (χ1n) is 7.52. The minimum absolute atomic E-state index is 0.136. The fourth-order valence-electron chi connectivity index (χ4n) is 2.40. The summed E-state index contributed by atoms with van der Waals surface area (Å²) in [6, 6.07) is 6.43. The SMILES string of the molecule is Cc1cccc(C)c1/C=C/C(OC(C)(C)C)=C1CCC1. The van der Waals surface area contributed by atoms with Crippen molar-refractivity contribution in [3.8, 4) is 0 Å². The third kappa shape index (κ3) is 3.75. The van der Waals surface area contributed by atoms with Crippen molar-refractivity contribution < 1.29 is 4.74 Å². The summed E-state index contributed by atoms with van der Waals surface area (Å²) in [6.07, 6.45) is 8.03. The Balaban J connectivity index is 2.27. The molecule has 20 heavy (non-hydrogen) atoms. The van der Waals surface area contributed by atoms with Crippen LogP contribution in [0.2, 0.25) is 0 Å². The Labute approximate surface area is 123 Å². The van der Waals surface area contributed by atoms with E-state index in [0.29, 0.717) is 0 Å². The number of hydrogen-bond acceptors (Lipinski definition) is 1. The van der Waals surface area contributed by atoms with Crippen LogP contribution in [0.15, 0.2) is 35.6 Å². The topological polar surface area (TPSA) is 9.23 Å². The average molecular weight is 270 g/mol. The van der Waals surface area contributed by atoms with Crippen LogP contribution in [0, 0.1) is 13.8 Å². The molecule has 108 valence electrons. The van der Waals surface area contributed by atoms with Gasteiger partial charge in [-0.1, -0.05) is 24.3 Å². The molecule has 0 atom stereocenters. The van der Waals surface area contributed by atoms with Gasteiger partial charge in [-0.15, -0.1) is 0 Å². The molecule has 1 saturated carbocycles. The molecular weight excluding hydrogens is 244 g/mol. The molecule has 1 nitrogen and oxygen atoms in total. The highest BCUT2D eigenvalue weighted by Crippen LogP contribution is 2.32. The maximum atomic E-state index is 6.14. The molecule has 0 aliphatic heterocycles. The number of benzene rings is 1. The quantitative estimate of drug-likeness (QED) is 0.652. The zero-order valence-corrected chi connectivity index (χ0v) is 13.4. The summed E-state index contributed by atoms with van der Waals surface area (Å²) in [4.78, 5) is 0. The minimum atomic E-state index is -0.136. The lowest BCUT2D eigenvalue weighted by atomic mass is 9.90. The van der Waals surface area contributed by atoms with E-state index in [4.69, 9.17) is 4.74 Å². The van der Waals surface area contributed by atoms with Gasteiger partial charge in [0.1, 0.15) is 11.4 Å². The van der Waals surface area contributed by atoms with Crippen molar-refractivity contribution in [2.24, 2.45) is 0 Å². The Kier molecular flexibility index (Phi) is 4.37. The van der Waals surface area contributed by atoms with Gasteiger partial charge in [0.2, 0.25) is 0 Å². The number of rotatable bonds is 3. The van der Waals surface area contributed by atoms with Gasteiger partial charge in [0.15, 0.2) is 0 Å². The summed E-state index contributed by atoms with van der Waals surface area (Å²) in [5.74, 6) is 1.08. The molecule has 0 bridgehead atoms. The molecule has 0 spiro atoms. The monoisotopic (exact) mass is 270 g/mol. The Morgan fingerprint density at radius 2 is 1.70 bits per heavy atom. The molecule has 1 aromatic rings. The summed E-state index contributed by atoms with van der Waals surface area (Å²) in [5, 5.41) is 0. The lowest BCUT2D eigenvalue weighted by molar-refractivity contribution is 0.0561. The van der Waals surface area contributed by atoms with Gasteiger partial charge in [-0.05, 0) is 82.2 Å². The number of ether oxygens (including phenoxy) is 1. The van der Waals surface area contributed by atoms with Crippen molar-refractivity contribution in [2.45, 2.75) is 59.5 Å². The van der Waals surface area contributed by atoms with Crippen LogP contribution in [0.3, 0.4) is 0 Å². The summed E-state index contributed by atoms with van der Waals surface area (Å²) in [5.41, 5.74) is 5.26. The van der Waals surface area contributed by atoms with Gasteiger partial charge in [0.05, 0.1) is 0 Å². The molecule has 0 unspecified atom stereocenters. The second-order valence-electron chi connectivity index (χ2n) is 6.67. The van der Waals surface area contributed by atoms with E-state index in [9.17, 15) is 0 Å². The molecule has 1 heteroatoms. The number of allylic oxidation sites excluding steroid dienone is 2. The minimum Gasteiger partial charge on any atom is -0.488 e. The lowest BCUT2D eigenvalue weighted by Gasteiger charge is -2.27. The molecule has 0 saturated heterocycles. The van der Waals surface area contributed by atoms with E-state index < -0.39 is 0 Å². The first-order chi connectivity index (χ1) is 9.37. The van der Waals surface area contributed by atoms with Gasteiger partial charge in [-0.25, -0.2) is 0 Å². The second kappa shape index (κ2) is 5.87. The summed E-state index contributed by atoms with van der Waals surface area (Å²) >= 11 is 0. The zero-order chi connectivity index (χ0) is 14.8. The maximum absolute atomic E-state index is 6.14. The van der Waals surface area contributed by atoms with Gasteiger partial charge in [0, 0.05) is 0 Å². The van der Waals surface area contributed by atoms with Gasteiger partial charge in [-0.3, -0.25) is 0 Å². The molecule has 1 aliphatic carbocycles. The molecular formula is C19H26O. The van der Waals surface area contributed by atoms with Gasteiger partial charge in [-0.2, -0.15) is 0 Å². The van der Waals surface area contributed by atoms with Crippen molar-refractivity contribution in [3.63, 3.8) is 0 Å². The Morgan fingerprint density at radius 1 is 1.10 bits per heavy atom. The molecule has 0 amide bonds. The predicted octanol–water partition coefficient (Wildman–Crippen LogP) is 5.57. The van der Waals surface area contributed by atoms with Crippen LogP contribution < -0.4 is 0 Å². The summed E-state index contributed by atoms with van der Waals surface area (Å²) in [7, 11) is 0. The average Bonchev–Trinajstić information content (AvgIpc) is 2.23. The van der Waals surface area contributed by atoms with Crippen LogP contribution in [0.25, 0.3) is 6.08 Å². The molecule has 1 fully saturated rings. The van der Waals surface area contributed by atoms with Gasteiger partial charge in [0.25, 0.3) is 0 Å². The second-order valence-corrected chi connectivity index (χ2v) is 6.67. The highest BCUT2D eigenvalue weighted by atomic mass is 16.5. The molecule has 2 rings (SSSR count). The molecule has 0 N–H and O–H groups in total. The van der Waals surface area contributed by atoms with Crippen molar-refractivity contribution in [1.29, 1.82) is 0 Å². The van der Waals surface area contributed by atoms with Gasteiger partial charge < -0.3 is 4.74 Å². The van der Waals surface area contributed by atoms with E-state index in [1.807, 2.05) is 0 Å². The maximum Gasteiger partial charge on any atom is 0.119 e. The zero-order valence-electron chi connectivity index (χ0n) is 13.4. The first kappa shape index (κ1) is 14.9. The molecule has 0 heterocycles.